The third kappa shape index (κ3) is 2.22. The first-order chi connectivity index (χ1) is 10.4. The van der Waals surface area contributed by atoms with E-state index in [4.69, 9.17) is 0 Å². The number of Topliss-reactive ketones (excluding diaryl/α,β-unsaturated/α-hetero) is 1. The van der Waals surface area contributed by atoms with Crippen LogP contribution in [0.15, 0.2) is 6.07 Å². The number of aryl methyl sites for hydroxylation is 1. The number of phenolic OH excluding ortho intramolecular Hbond substituents is 1. The van der Waals surface area contributed by atoms with E-state index in [1.54, 1.807) is 6.92 Å². The van der Waals surface area contributed by atoms with Crippen molar-refractivity contribution in [2.45, 2.75) is 33.1 Å². The molecule has 1 unspecified atom stereocenters. The number of hydrogen-bond acceptors (Lipinski definition) is 4. The molecule has 0 saturated carbocycles. The van der Waals surface area contributed by atoms with Gasteiger partial charge in [-0.05, 0) is 25.3 Å². The van der Waals surface area contributed by atoms with E-state index in [1.807, 2.05) is 6.92 Å². The molecular weight excluding hydrogens is 308 g/mol. The fourth-order valence-corrected chi connectivity index (χ4v) is 3.93. The molecule has 3 nitrogen and oxygen atoms in total. The summed E-state index contributed by atoms with van der Waals surface area (Å²) >= 11 is 1.18. The summed E-state index contributed by atoms with van der Waals surface area (Å²) in [6.07, 6.45) is 1.74. The molecule has 22 heavy (non-hydrogen) atoms. The van der Waals surface area contributed by atoms with Gasteiger partial charge in [-0.25, -0.2) is 13.8 Å². The number of rotatable bonds is 2. The monoisotopic (exact) mass is 323 g/mol. The molecular formula is C16H15F2NO2S. The van der Waals surface area contributed by atoms with E-state index < -0.39 is 17.4 Å². The lowest BCUT2D eigenvalue weighted by molar-refractivity contribution is 0.0917. The van der Waals surface area contributed by atoms with Crippen LogP contribution in [0.25, 0.3) is 10.6 Å². The van der Waals surface area contributed by atoms with E-state index in [1.165, 1.54) is 11.3 Å². The molecule has 1 N–H and O–H groups in total. The average molecular weight is 323 g/mol. The molecule has 2 aromatic rings. The van der Waals surface area contributed by atoms with Gasteiger partial charge in [-0.1, -0.05) is 13.8 Å². The summed E-state index contributed by atoms with van der Waals surface area (Å²) in [5.41, 5.74) is 1.24. The zero-order chi connectivity index (χ0) is 16.0. The lowest BCUT2D eigenvalue weighted by Crippen LogP contribution is -2.18. The molecule has 1 aliphatic carbocycles. The molecule has 0 aliphatic heterocycles. The van der Waals surface area contributed by atoms with Crippen LogP contribution in [0.4, 0.5) is 8.78 Å². The molecule has 0 bridgehead atoms. The van der Waals surface area contributed by atoms with Gasteiger partial charge >= 0.3 is 0 Å². The van der Waals surface area contributed by atoms with Gasteiger partial charge < -0.3 is 5.11 Å². The van der Waals surface area contributed by atoms with Gasteiger partial charge in [-0.2, -0.15) is 0 Å². The quantitative estimate of drug-likeness (QED) is 0.904. The molecule has 116 valence electrons. The number of aromatic nitrogens is 1. The summed E-state index contributed by atoms with van der Waals surface area (Å²) in [6, 6.07) is 1.09. The molecule has 0 saturated heterocycles. The van der Waals surface area contributed by atoms with Gasteiger partial charge in [0.2, 0.25) is 0 Å². The van der Waals surface area contributed by atoms with Crippen LogP contribution >= 0.6 is 11.3 Å². The fourth-order valence-electron chi connectivity index (χ4n) is 2.72. The van der Waals surface area contributed by atoms with Crippen molar-refractivity contribution in [2.75, 3.05) is 0 Å². The molecule has 0 radical (unpaired) electrons. The first kappa shape index (κ1) is 15.1. The Morgan fingerprint density at radius 1 is 1.45 bits per heavy atom. The van der Waals surface area contributed by atoms with Crippen molar-refractivity contribution >= 4 is 17.1 Å². The average Bonchev–Trinajstić information content (AvgIpc) is 2.93. The number of benzene rings is 1. The Hall–Kier alpha value is -1.82. The van der Waals surface area contributed by atoms with E-state index in [2.05, 4.69) is 4.98 Å². The smallest absolute Gasteiger partial charge is 0.188 e. The number of halogens is 2. The lowest BCUT2D eigenvalue weighted by atomic mass is 9.92. The minimum Gasteiger partial charge on any atom is -0.503 e. The fraction of sp³-hybridized carbons (Fsp3) is 0.375. The van der Waals surface area contributed by atoms with Crippen LogP contribution < -0.4 is 0 Å². The maximum atomic E-state index is 14.1. The molecule has 1 aromatic carbocycles. The summed E-state index contributed by atoms with van der Waals surface area (Å²) in [5, 5.41) is 9.84. The summed E-state index contributed by atoms with van der Waals surface area (Å²) in [7, 11) is 0. The topological polar surface area (TPSA) is 50.2 Å². The van der Waals surface area contributed by atoms with Gasteiger partial charge in [0.1, 0.15) is 5.01 Å². The van der Waals surface area contributed by atoms with Crippen molar-refractivity contribution in [3.63, 3.8) is 0 Å². The maximum Gasteiger partial charge on any atom is 0.188 e. The van der Waals surface area contributed by atoms with Gasteiger partial charge in [0, 0.05) is 17.0 Å². The number of thiazole rings is 1. The van der Waals surface area contributed by atoms with Crippen molar-refractivity contribution in [1.82, 2.24) is 4.98 Å². The molecule has 1 aliphatic rings. The molecule has 6 heteroatoms. The van der Waals surface area contributed by atoms with Crippen molar-refractivity contribution in [2.24, 2.45) is 5.92 Å². The zero-order valence-electron chi connectivity index (χ0n) is 12.2. The number of phenols is 1. The summed E-state index contributed by atoms with van der Waals surface area (Å²) < 4.78 is 27.7. The predicted octanol–water partition coefficient (Wildman–Crippen LogP) is 4.12. The second-order valence-electron chi connectivity index (χ2n) is 5.50. The third-order valence-electron chi connectivity index (χ3n) is 4.06. The van der Waals surface area contributed by atoms with Crippen LogP contribution in [0.1, 0.15) is 41.2 Å². The highest BCUT2D eigenvalue weighted by molar-refractivity contribution is 7.17. The van der Waals surface area contributed by atoms with Crippen LogP contribution in [-0.2, 0) is 12.8 Å². The van der Waals surface area contributed by atoms with Crippen LogP contribution in [0.2, 0.25) is 0 Å². The Kier molecular flexibility index (Phi) is 3.72. The Morgan fingerprint density at radius 3 is 2.86 bits per heavy atom. The lowest BCUT2D eigenvalue weighted by Gasteiger charge is -2.14. The summed E-state index contributed by atoms with van der Waals surface area (Å²) in [6.45, 7) is 3.60. The SMILES string of the molecule is CCc1c(-c2nc3c(s2)C(=O)C(C)CC3)cc(F)c(O)c1F. The number of aromatic hydroxyl groups is 1. The minimum atomic E-state index is -1.02. The van der Waals surface area contributed by atoms with Crippen molar-refractivity contribution in [3.8, 4) is 16.3 Å². The van der Waals surface area contributed by atoms with E-state index >= 15 is 0 Å². The maximum absolute atomic E-state index is 14.1. The number of hydrogen-bond donors (Lipinski definition) is 1. The number of fused-ring (bicyclic) bond motifs is 1. The van der Waals surface area contributed by atoms with Crippen LogP contribution in [-0.4, -0.2) is 15.9 Å². The summed E-state index contributed by atoms with van der Waals surface area (Å²) in [4.78, 5) is 17.2. The predicted molar refractivity (Wildman–Crippen MR) is 80.3 cm³/mol. The highest BCUT2D eigenvalue weighted by Gasteiger charge is 2.29. The van der Waals surface area contributed by atoms with Crippen LogP contribution in [0, 0.1) is 17.6 Å². The Labute approximate surface area is 130 Å². The van der Waals surface area contributed by atoms with Crippen molar-refractivity contribution in [1.29, 1.82) is 0 Å². The van der Waals surface area contributed by atoms with Crippen LogP contribution in [0.3, 0.4) is 0 Å². The molecule has 0 amide bonds. The number of nitrogens with zero attached hydrogens (tertiary/aromatic N) is 1. The van der Waals surface area contributed by atoms with E-state index in [0.29, 0.717) is 34.0 Å². The van der Waals surface area contributed by atoms with Crippen LogP contribution in [0.5, 0.6) is 5.75 Å². The van der Waals surface area contributed by atoms with E-state index in [9.17, 15) is 18.7 Å². The van der Waals surface area contributed by atoms with Gasteiger partial charge in [0.05, 0.1) is 10.6 Å². The second kappa shape index (κ2) is 5.43. The molecule has 1 atom stereocenters. The Balaban J connectivity index is 2.17. The summed E-state index contributed by atoms with van der Waals surface area (Å²) in [5.74, 6) is -2.93. The Bertz CT molecular complexity index is 770. The standard InChI is InChI=1S/C16H15F2NO2S/c1-3-8-9(6-10(17)14(21)12(8)18)16-19-11-5-4-7(2)13(20)15(11)22-16/h6-7,21H,3-5H2,1-2H3. The largest absolute Gasteiger partial charge is 0.503 e. The van der Waals surface area contributed by atoms with Gasteiger partial charge in [-0.3, -0.25) is 4.79 Å². The molecule has 0 fully saturated rings. The first-order valence-electron chi connectivity index (χ1n) is 7.18. The van der Waals surface area contributed by atoms with Gasteiger partial charge in [0.25, 0.3) is 0 Å². The number of carbonyl (C=O) groups is 1. The number of ketones is 1. The zero-order valence-corrected chi connectivity index (χ0v) is 13.1. The van der Waals surface area contributed by atoms with E-state index in [-0.39, 0.29) is 17.3 Å². The molecule has 0 spiro atoms. The van der Waals surface area contributed by atoms with Crippen molar-refractivity contribution in [3.05, 3.63) is 33.8 Å². The van der Waals surface area contributed by atoms with Gasteiger partial charge in [0.15, 0.2) is 23.2 Å². The highest BCUT2D eigenvalue weighted by atomic mass is 32.1. The van der Waals surface area contributed by atoms with E-state index in [0.717, 1.165) is 12.5 Å². The normalized spacial score (nSPS) is 17.6. The molecule has 1 heterocycles. The number of carbonyl (C=O) groups excluding carboxylic acids is 1. The molecule has 1 aromatic heterocycles. The van der Waals surface area contributed by atoms with Crippen molar-refractivity contribution < 1.29 is 18.7 Å². The first-order valence-corrected chi connectivity index (χ1v) is 7.99. The second-order valence-corrected chi connectivity index (χ2v) is 6.50. The minimum absolute atomic E-state index is 0.0419. The molecule has 3 rings (SSSR count). The third-order valence-corrected chi connectivity index (χ3v) is 5.21. The van der Waals surface area contributed by atoms with Gasteiger partial charge in [-0.15, -0.1) is 11.3 Å². The highest BCUT2D eigenvalue weighted by Crippen LogP contribution is 2.38. The Morgan fingerprint density at radius 2 is 2.18 bits per heavy atom.